The molecule has 29 N–H and O–H groups in total. The zero-order chi connectivity index (χ0) is 88.8. The summed E-state index contributed by atoms with van der Waals surface area (Å²) >= 11 is 0. The molecular weight excluding hydrogens is 1560 g/mol. The highest BCUT2D eigenvalue weighted by molar-refractivity contribution is 6.01. The first-order valence-corrected chi connectivity index (χ1v) is 37.1. The van der Waals surface area contributed by atoms with Crippen molar-refractivity contribution >= 4 is 107 Å². The maximum atomic E-state index is 14.2. The number of aromatic amines is 1. The molecule has 16 atom stereocenters. The number of aliphatic hydroxyl groups excluding tert-OH is 5. The molecule has 0 spiro atoms. The Balaban J connectivity index is 1.76. The van der Waals surface area contributed by atoms with Crippen molar-refractivity contribution in [2.75, 3.05) is 39.5 Å². The number of amides is 15. The second-order valence-electron chi connectivity index (χ2n) is 28.0. The van der Waals surface area contributed by atoms with Crippen molar-refractivity contribution in [3.8, 4) is 5.75 Å². The van der Waals surface area contributed by atoms with Crippen LogP contribution in [0.4, 0.5) is 0 Å². The number of rotatable bonds is 52. The maximum Gasteiger partial charge on any atom is 0.305 e. The number of likely N-dealkylation sites (N-methyl/N-ethyl adjacent to an activating group) is 1. The number of imidazole rings is 1. The summed E-state index contributed by atoms with van der Waals surface area (Å²) in [6.45, 7) is 4.10. The standard InChI is InChI=1S/C72H107N19O27/c1-8-76-60(107)43(18-20-53(99)100)80-63(110)45(22-34(2)27-73)81-64(111)46(24-39-14-16-41(97)17-15-39)82-66(113)50(31-93)86-68(115)49(30-92)85-58(105)35(3)79-62(109)48(26-55(103)104)83-67(114)51(32-94)87-70(117)57(37(5)96)90-65(112)47(23-38-12-10-9-11-13-38)84-69(116)56(36(4)95)89-52(98)29-77-61(108)44(19-21-54(101)102)88-71(118)72(6,7)91-59(106)42(74)25-40-28-75-33-78-40/h9-17,28,33-37,42-51,56-57,92-97H,8,18-27,29-32,73-74H2,1-7H3,(H,75,78)(H,76,107)(H,77,108)(H,79,109)(H,80,110)(H,81,111)(H,82,113)(H,83,114)(H,84,116)(H,85,105)(H,86,115)(H,87,117)(H,88,118)(H,89,98)(H,90,112)(H,91,106)(H,99,100)(H,101,102)(H,103,104)/t34?,35-,36+,37+,42?,43?,44-,45-,46-,47-,48-,49-,50-,51-,56?,57?/m0/s1. The van der Waals surface area contributed by atoms with Gasteiger partial charge in [0.1, 0.15) is 83.8 Å². The van der Waals surface area contributed by atoms with Gasteiger partial charge in [0.15, 0.2) is 0 Å². The highest BCUT2D eigenvalue weighted by Crippen LogP contribution is 2.16. The van der Waals surface area contributed by atoms with Gasteiger partial charge in [-0.2, -0.15) is 0 Å². The third-order valence-corrected chi connectivity index (χ3v) is 17.6. The summed E-state index contributed by atoms with van der Waals surface area (Å²) in [5, 5.41) is 125. The van der Waals surface area contributed by atoms with E-state index in [1.165, 1.54) is 62.8 Å². The van der Waals surface area contributed by atoms with E-state index in [-0.39, 0.29) is 44.5 Å². The van der Waals surface area contributed by atoms with Gasteiger partial charge < -0.3 is 142 Å². The molecule has 1 aromatic heterocycles. The smallest absolute Gasteiger partial charge is 0.305 e. The molecule has 46 nitrogen and oxygen atoms in total. The summed E-state index contributed by atoms with van der Waals surface area (Å²) in [6.07, 6.45) is -5.12. The average molecular weight is 1670 g/mol. The molecule has 1 heterocycles. The van der Waals surface area contributed by atoms with Crippen molar-refractivity contribution in [2.45, 2.75) is 203 Å². The zero-order valence-electron chi connectivity index (χ0n) is 65.7. The van der Waals surface area contributed by atoms with Crippen LogP contribution in [-0.4, -0.2) is 298 Å². The van der Waals surface area contributed by atoms with Crippen molar-refractivity contribution in [1.29, 1.82) is 0 Å². The van der Waals surface area contributed by atoms with Gasteiger partial charge in [0, 0.05) is 44.8 Å². The number of aromatic hydroxyl groups is 1. The Labute approximate surface area is 675 Å². The van der Waals surface area contributed by atoms with Crippen LogP contribution in [0.2, 0.25) is 0 Å². The fraction of sp³-hybridized carbons (Fsp3) is 0.542. The lowest BCUT2D eigenvalue weighted by molar-refractivity contribution is -0.142. The minimum atomic E-state index is -2.16. The third kappa shape index (κ3) is 34.6. The lowest BCUT2D eigenvalue weighted by Crippen LogP contribution is -2.63. The van der Waals surface area contributed by atoms with Gasteiger partial charge in [-0.1, -0.05) is 49.4 Å². The Bertz CT molecular complexity index is 3950. The summed E-state index contributed by atoms with van der Waals surface area (Å²) < 4.78 is 0. The van der Waals surface area contributed by atoms with E-state index in [4.69, 9.17) is 11.5 Å². The number of aliphatic hydroxyl groups is 5. The molecule has 0 aliphatic rings. The van der Waals surface area contributed by atoms with E-state index in [0.29, 0.717) is 16.8 Å². The molecule has 2 aromatic carbocycles. The van der Waals surface area contributed by atoms with Gasteiger partial charge in [0.2, 0.25) is 88.6 Å². The number of nitrogens with one attached hydrogen (secondary N) is 16. The van der Waals surface area contributed by atoms with E-state index in [1.807, 2.05) is 10.6 Å². The van der Waals surface area contributed by atoms with Gasteiger partial charge in [-0.05, 0) is 96.5 Å². The van der Waals surface area contributed by atoms with Crippen molar-refractivity contribution in [3.63, 3.8) is 0 Å². The first-order valence-electron chi connectivity index (χ1n) is 37.1. The van der Waals surface area contributed by atoms with Crippen LogP contribution >= 0.6 is 0 Å². The van der Waals surface area contributed by atoms with Gasteiger partial charge in [-0.3, -0.25) is 86.3 Å². The molecule has 0 fully saturated rings. The number of carboxylic acid groups (broad SMARTS) is 3. The molecule has 0 aliphatic heterocycles. The second kappa shape index (κ2) is 49.5. The van der Waals surface area contributed by atoms with Gasteiger partial charge in [0.05, 0.1) is 63.1 Å². The predicted octanol–water partition coefficient (Wildman–Crippen LogP) is -10.6. The van der Waals surface area contributed by atoms with Gasteiger partial charge >= 0.3 is 17.9 Å². The van der Waals surface area contributed by atoms with Crippen LogP contribution in [0.5, 0.6) is 5.75 Å². The van der Waals surface area contributed by atoms with Crippen LogP contribution in [0, 0.1) is 5.92 Å². The van der Waals surface area contributed by atoms with Crippen LogP contribution in [0.25, 0.3) is 0 Å². The van der Waals surface area contributed by atoms with Crippen LogP contribution in [0.1, 0.15) is 104 Å². The number of nitrogens with two attached hydrogens (primary N) is 2. The number of phenolic OH excluding ortho intramolecular Hbond substituents is 1. The van der Waals surface area contributed by atoms with Gasteiger partial charge in [0.25, 0.3) is 0 Å². The van der Waals surface area contributed by atoms with E-state index in [2.05, 4.69) is 79.1 Å². The van der Waals surface area contributed by atoms with Crippen LogP contribution in [0.3, 0.4) is 0 Å². The fourth-order valence-corrected chi connectivity index (χ4v) is 10.9. The number of H-pyrrole nitrogens is 1. The molecule has 0 saturated heterocycles. The molecule has 118 heavy (non-hydrogen) atoms. The first kappa shape index (κ1) is 99.8. The predicted molar refractivity (Wildman–Crippen MR) is 408 cm³/mol. The lowest BCUT2D eigenvalue weighted by atomic mass is 9.99. The molecule has 3 aromatic rings. The zero-order valence-corrected chi connectivity index (χ0v) is 65.7. The second-order valence-corrected chi connectivity index (χ2v) is 28.0. The highest BCUT2D eigenvalue weighted by atomic mass is 16.4. The minimum absolute atomic E-state index is 0.00620. The number of phenols is 1. The number of hydrogen-bond donors (Lipinski definition) is 27. The Hall–Kier alpha value is -12.4. The Kier molecular flexibility index (Phi) is 41.9. The molecule has 5 unspecified atom stereocenters. The fourth-order valence-electron chi connectivity index (χ4n) is 10.9. The van der Waals surface area contributed by atoms with Crippen molar-refractivity contribution < 1.29 is 132 Å². The Morgan fingerprint density at radius 1 is 0.466 bits per heavy atom. The normalized spacial score (nSPS) is 15.2. The Morgan fingerprint density at radius 2 is 0.890 bits per heavy atom. The quantitative estimate of drug-likeness (QED) is 0.0250. The molecular formula is C72H107N19O27. The maximum absolute atomic E-state index is 14.2. The van der Waals surface area contributed by atoms with E-state index in [0.717, 1.165) is 20.8 Å². The van der Waals surface area contributed by atoms with Gasteiger partial charge in [-0.25, -0.2) is 4.98 Å². The van der Waals surface area contributed by atoms with Crippen molar-refractivity contribution in [1.82, 2.24) is 89.7 Å². The summed E-state index contributed by atoms with van der Waals surface area (Å²) in [7, 11) is 0. The van der Waals surface area contributed by atoms with E-state index in [9.17, 15) is 132 Å². The molecule has 15 amide bonds. The monoisotopic (exact) mass is 1670 g/mol. The number of carbonyl (C=O) groups is 18. The van der Waals surface area contributed by atoms with E-state index >= 15 is 0 Å². The number of carboxylic acids is 3. The number of aliphatic carboxylic acids is 3. The topological polar surface area (TPSA) is 750 Å². The average Bonchev–Trinajstić information content (AvgIpc) is 1.10. The lowest BCUT2D eigenvalue weighted by Gasteiger charge is -2.29. The molecule has 0 radical (unpaired) electrons. The van der Waals surface area contributed by atoms with Crippen molar-refractivity contribution in [2.24, 2.45) is 17.4 Å². The molecule has 46 heteroatoms. The molecule has 0 bridgehead atoms. The van der Waals surface area contributed by atoms with E-state index < -0.39 is 267 Å². The number of hydrogen-bond acceptors (Lipinski definition) is 27. The summed E-state index contributed by atoms with van der Waals surface area (Å²) in [6, 6.07) is -10.3. The van der Waals surface area contributed by atoms with Crippen molar-refractivity contribution in [3.05, 3.63) is 83.9 Å². The number of nitrogens with zero attached hydrogens (tertiary/aromatic N) is 1. The molecule has 3 rings (SSSR count). The first-order chi connectivity index (χ1) is 55.5. The van der Waals surface area contributed by atoms with E-state index in [1.54, 1.807) is 32.0 Å². The number of carbonyl (C=O) groups excluding carboxylic acids is 15. The summed E-state index contributed by atoms with van der Waals surface area (Å²) in [5.74, 6) is -22.6. The largest absolute Gasteiger partial charge is 0.508 e. The van der Waals surface area contributed by atoms with Crippen LogP contribution in [0.15, 0.2) is 67.1 Å². The summed E-state index contributed by atoms with van der Waals surface area (Å²) in [5.41, 5.74) is 11.2. The number of benzene rings is 2. The highest BCUT2D eigenvalue weighted by Gasteiger charge is 2.40. The van der Waals surface area contributed by atoms with Crippen LogP contribution < -0.4 is 91.2 Å². The molecule has 0 saturated carbocycles. The number of aromatic nitrogens is 2. The molecule has 0 aliphatic carbocycles. The minimum Gasteiger partial charge on any atom is -0.508 e. The molecule has 652 valence electrons. The third-order valence-electron chi connectivity index (χ3n) is 17.6. The van der Waals surface area contributed by atoms with Crippen LogP contribution in [-0.2, 0) is 106 Å². The summed E-state index contributed by atoms with van der Waals surface area (Å²) in [4.78, 5) is 247. The van der Waals surface area contributed by atoms with Gasteiger partial charge in [-0.15, -0.1) is 0 Å². The Morgan fingerprint density at radius 3 is 1.37 bits per heavy atom. The SMILES string of the molecule is CCNC(=O)C(CCC(=O)O)NC(=O)[C@H](CC(C)CN)NC(=O)[C@H](Cc1ccc(O)cc1)NC(=O)[C@H](CO)NC(=O)[C@H](CO)NC(=O)[C@H](C)NC(=O)[C@H](CC(=O)O)NC(=O)[C@H](CO)NC(=O)C(NC(=O)[C@H](Cc1ccccc1)NC(=O)C(NC(=O)CNC(=O)[C@H](CCC(=O)O)NC(=O)C(C)(C)NC(=O)C(N)Cc1c[nH]cn1)[C@@H](C)O)[C@@H](C)O.